The molecule has 0 aromatic heterocycles. The highest BCUT2D eigenvalue weighted by Crippen LogP contribution is 2.63. The number of hydrogen-bond donors (Lipinski definition) is 0. The molecule has 0 saturated heterocycles. The summed E-state index contributed by atoms with van der Waals surface area (Å²) in [6.45, 7) is 6.42. The minimum Gasteiger partial charge on any atom is -0.295 e. The molecule has 0 aliphatic heterocycles. The summed E-state index contributed by atoms with van der Waals surface area (Å²) < 4.78 is 0. The van der Waals surface area contributed by atoms with Crippen molar-refractivity contribution >= 4 is 5.78 Å². The van der Waals surface area contributed by atoms with Gasteiger partial charge in [-0.05, 0) is 85.7 Å². The number of rotatable bonds is 0. The van der Waals surface area contributed by atoms with E-state index in [0.29, 0.717) is 11.2 Å². The van der Waals surface area contributed by atoms with Crippen LogP contribution in [0, 0.1) is 29.1 Å². The second-order valence-electron chi connectivity index (χ2n) is 7.95. The number of ketones is 1. The fourth-order valence-electron chi connectivity index (χ4n) is 6.28. The molecular formula is C20H26O. The molecule has 0 heterocycles. The highest BCUT2D eigenvalue weighted by atomic mass is 16.1. The number of carbonyl (C=O) groups excluding carboxylic acids is 1. The minimum absolute atomic E-state index is 0.373. The van der Waals surface area contributed by atoms with Gasteiger partial charge in [-0.2, -0.15) is 0 Å². The molecule has 3 saturated carbocycles. The van der Waals surface area contributed by atoms with Crippen molar-refractivity contribution < 1.29 is 4.79 Å². The number of allylic oxidation sites excluding steroid dienone is 2. The predicted octanol–water partition coefficient (Wildman–Crippen LogP) is 4.84. The molecule has 1 nitrogen and oxygen atoms in total. The van der Waals surface area contributed by atoms with Crippen LogP contribution in [0.2, 0.25) is 0 Å². The topological polar surface area (TPSA) is 17.1 Å². The van der Waals surface area contributed by atoms with Crippen LogP contribution in [0.15, 0.2) is 29.5 Å². The molecule has 112 valence electrons. The van der Waals surface area contributed by atoms with Crippen LogP contribution in [0.4, 0.5) is 0 Å². The van der Waals surface area contributed by atoms with Crippen LogP contribution in [-0.2, 0) is 4.79 Å². The quantitative estimate of drug-likeness (QED) is 0.581. The summed E-state index contributed by atoms with van der Waals surface area (Å²) in [4.78, 5) is 11.7. The maximum absolute atomic E-state index is 11.7. The van der Waals surface area contributed by atoms with E-state index in [9.17, 15) is 4.79 Å². The van der Waals surface area contributed by atoms with Gasteiger partial charge in [0.25, 0.3) is 0 Å². The van der Waals surface area contributed by atoms with Crippen LogP contribution in [-0.4, -0.2) is 5.78 Å². The van der Waals surface area contributed by atoms with E-state index in [1.807, 2.05) is 6.08 Å². The van der Waals surface area contributed by atoms with Gasteiger partial charge in [-0.15, -0.1) is 5.73 Å². The third-order valence-corrected chi connectivity index (χ3v) is 7.30. The Labute approximate surface area is 128 Å². The van der Waals surface area contributed by atoms with Gasteiger partial charge < -0.3 is 0 Å². The van der Waals surface area contributed by atoms with Crippen molar-refractivity contribution in [1.82, 2.24) is 0 Å². The molecule has 0 spiro atoms. The molecule has 21 heavy (non-hydrogen) atoms. The van der Waals surface area contributed by atoms with Gasteiger partial charge >= 0.3 is 0 Å². The minimum atomic E-state index is 0.373. The second kappa shape index (κ2) is 4.71. The normalized spacial score (nSPS) is 45.3. The first-order chi connectivity index (χ1) is 10.1. The van der Waals surface area contributed by atoms with Crippen molar-refractivity contribution in [3.63, 3.8) is 0 Å². The SMILES string of the molecule is C=C=C1CCC2C3CCC4=CC(=O)CC[C@@H]4C3CC[C@]12C. The summed E-state index contributed by atoms with van der Waals surface area (Å²) in [5.41, 5.74) is 6.66. The van der Waals surface area contributed by atoms with Crippen LogP contribution in [0.25, 0.3) is 0 Å². The lowest BCUT2D eigenvalue weighted by Gasteiger charge is -2.52. The Balaban J connectivity index is 1.66. The van der Waals surface area contributed by atoms with Crippen LogP contribution in [0.3, 0.4) is 0 Å². The van der Waals surface area contributed by atoms with Crippen molar-refractivity contribution in [2.24, 2.45) is 29.1 Å². The van der Waals surface area contributed by atoms with Crippen molar-refractivity contribution in [3.8, 4) is 0 Å². The van der Waals surface area contributed by atoms with E-state index in [4.69, 9.17) is 0 Å². The molecule has 5 atom stereocenters. The summed E-state index contributed by atoms with van der Waals surface area (Å²) in [5, 5.41) is 0. The maximum atomic E-state index is 11.7. The van der Waals surface area contributed by atoms with Crippen LogP contribution >= 0.6 is 0 Å². The Hall–Kier alpha value is -1.07. The molecule has 3 fully saturated rings. The van der Waals surface area contributed by atoms with Crippen LogP contribution in [0.1, 0.15) is 58.3 Å². The van der Waals surface area contributed by atoms with Gasteiger partial charge in [0.15, 0.2) is 5.78 Å². The lowest BCUT2D eigenvalue weighted by molar-refractivity contribution is -0.115. The van der Waals surface area contributed by atoms with Gasteiger partial charge in [-0.25, -0.2) is 0 Å². The van der Waals surface area contributed by atoms with E-state index >= 15 is 0 Å². The van der Waals surface area contributed by atoms with E-state index in [1.165, 1.54) is 49.7 Å². The second-order valence-corrected chi connectivity index (χ2v) is 7.95. The Morgan fingerprint density at radius 3 is 2.81 bits per heavy atom. The smallest absolute Gasteiger partial charge is 0.155 e. The average molecular weight is 282 g/mol. The van der Waals surface area contributed by atoms with Gasteiger partial charge in [0, 0.05) is 6.42 Å². The van der Waals surface area contributed by atoms with Crippen molar-refractivity contribution in [3.05, 3.63) is 29.5 Å². The van der Waals surface area contributed by atoms with E-state index in [2.05, 4.69) is 19.2 Å². The Kier molecular flexibility index (Phi) is 3.05. The monoisotopic (exact) mass is 282 g/mol. The fraction of sp³-hybridized carbons (Fsp3) is 0.700. The van der Waals surface area contributed by atoms with Crippen molar-refractivity contribution in [2.75, 3.05) is 0 Å². The zero-order valence-corrected chi connectivity index (χ0v) is 13.2. The van der Waals surface area contributed by atoms with E-state index in [0.717, 1.165) is 36.5 Å². The molecule has 0 radical (unpaired) electrons. The van der Waals surface area contributed by atoms with Gasteiger partial charge in [0.2, 0.25) is 0 Å². The van der Waals surface area contributed by atoms with Gasteiger partial charge in [0.05, 0.1) is 0 Å². The molecule has 4 aliphatic carbocycles. The third-order valence-electron chi connectivity index (χ3n) is 7.30. The predicted molar refractivity (Wildman–Crippen MR) is 84.7 cm³/mol. The Morgan fingerprint density at radius 2 is 2.00 bits per heavy atom. The van der Waals surface area contributed by atoms with Gasteiger partial charge in [-0.3, -0.25) is 4.79 Å². The molecule has 0 bridgehead atoms. The summed E-state index contributed by atoms with van der Waals surface area (Å²) in [6, 6.07) is 0. The average Bonchev–Trinajstić information content (AvgIpc) is 2.83. The molecule has 0 aromatic rings. The highest BCUT2D eigenvalue weighted by molar-refractivity contribution is 5.91. The van der Waals surface area contributed by atoms with Gasteiger partial charge in [0.1, 0.15) is 0 Å². The molecule has 1 heteroatoms. The third kappa shape index (κ3) is 1.87. The first kappa shape index (κ1) is 13.6. The molecular weight excluding hydrogens is 256 g/mol. The number of carbonyl (C=O) groups is 1. The standard InChI is InChI=1S/C20H26O/c1-3-14-5-9-19-18-7-4-13-12-15(21)6-8-16(13)17(18)10-11-20(14,19)2/h12,16-19H,1,4-11H2,2H3/t16-,17?,18?,19?,20+/m0/s1. The first-order valence-corrected chi connectivity index (χ1v) is 8.76. The first-order valence-electron chi connectivity index (χ1n) is 8.76. The summed E-state index contributed by atoms with van der Waals surface area (Å²) in [7, 11) is 0. The fourth-order valence-corrected chi connectivity index (χ4v) is 6.28. The summed E-state index contributed by atoms with van der Waals surface area (Å²) in [6.07, 6.45) is 11.6. The Bertz CT molecular complexity index is 562. The van der Waals surface area contributed by atoms with E-state index < -0.39 is 0 Å². The molecule has 0 N–H and O–H groups in total. The van der Waals surface area contributed by atoms with Crippen LogP contribution in [0.5, 0.6) is 0 Å². The summed E-state index contributed by atoms with van der Waals surface area (Å²) >= 11 is 0. The van der Waals surface area contributed by atoms with E-state index in [1.54, 1.807) is 0 Å². The molecule has 3 unspecified atom stereocenters. The van der Waals surface area contributed by atoms with Gasteiger partial charge in [-0.1, -0.05) is 19.1 Å². The lowest BCUT2D eigenvalue weighted by Crippen LogP contribution is -2.45. The zero-order chi connectivity index (χ0) is 14.6. The van der Waals surface area contributed by atoms with Crippen molar-refractivity contribution in [1.29, 1.82) is 0 Å². The maximum Gasteiger partial charge on any atom is 0.155 e. The highest BCUT2D eigenvalue weighted by Gasteiger charge is 2.54. The molecule has 0 aromatic carbocycles. The molecule has 0 amide bonds. The van der Waals surface area contributed by atoms with Crippen molar-refractivity contribution in [2.45, 2.75) is 58.3 Å². The summed E-state index contributed by atoms with van der Waals surface area (Å²) in [5.74, 6) is 3.67. The zero-order valence-electron chi connectivity index (χ0n) is 13.2. The molecule has 4 rings (SSSR count). The Morgan fingerprint density at radius 1 is 1.14 bits per heavy atom. The lowest BCUT2D eigenvalue weighted by atomic mass is 9.52. The molecule has 4 aliphatic rings. The largest absolute Gasteiger partial charge is 0.295 e. The van der Waals surface area contributed by atoms with E-state index in [-0.39, 0.29) is 0 Å². The number of hydrogen-bond acceptors (Lipinski definition) is 1. The van der Waals surface area contributed by atoms with Crippen LogP contribution < -0.4 is 0 Å². The number of fused-ring (bicyclic) bond motifs is 5.